The van der Waals surface area contributed by atoms with Crippen molar-refractivity contribution in [2.24, 2.45) is 0 Å². The van der Waals surface area contributed by atoms with Crippen molar-refractivity contribution in [1.82, 2.24) is 14.9 Å². The first kappa shape index (κ1) is 20.8. The van der Waals surface area contributed by atoms with Crippen molar-refractivity contribution in [1.29, 1.82) is 0 Å². The van der Waals surface area contributed by atoms with E-state index in [1.165, 1.54) is 16.0 Å². The largest absolute Gasteiger partial charge is 0.383 e. The van der Waals surface area contributed by atoms with Crippen molar-refractivity contribution in [3.05, 3.63) is 51.7 Å². The summed E-state index contributed by atoms with van der Waals surface area (Å²) in [5.41, 5.74) is 2.64. The Morgan fingerprint density at radius 1 is 1.19 bits per heavy atom. The minimum absolute atomic E-state index is 0.446. The van der Waals surface area contributed by atoms with E-state index in [4.69, 9.17) is 14.7 Å². The lowest BCUT2D eigenvalue weighted by molar-refractivity contribution is 0.0318. The number of rotatable bonds is 5. The number of aryl methyl sites for hydroxylation is 3. The van der Waals surface area contributed by atoms with E-state index in [0.717, 1.165) is 79.5 Å². The van der Waals surface area contributed by atoms with Crippen molar-refractivity contribution in [3.63, 3.8) is 0 Å². The average molecular weight is 439 g/mol. The molecule has 2 N–H and O–H groups in total. The van der Waals surface area contributed by atoms with Gasteiger partial charge >= 0.3 is 0 Å². The van der Waals surface area contributed by atoms with Crippen molar-refractivity contribution in [2.75, 3.05) is 38.2 Å². The van der Waals surface area contributed by atoms with Gasteiger partial charge in [-0.3, -0.25) is 4.90 Å². The third-order valence-electron chi connectivity index (χ3n) is 6.65. The van der Waals surface area contributed by atoms with Gasteiger partial charge in [0.05, 0.1) is 25.1 Å². The van der Waals surface area contributed by atoms with Gasteiger partial charge in [0, 0.05) is 24.5 Å². The monoisotopic (exact) mass is 438 g/mol. The molecule has 1 aliphatic heterocycles. The quantitative estimate of drug-likeness (QED) is 0.632. The average Bonchev–Trinajstić information content (AvgIpc) is 3.07. The number of nitrogens with zero attached hydrogens (tertiary/aromatic N) is 3. The highest BCUT2D eigenvalue weighted by molar-refractivity contribution is 7.18. The summed E-state index contributed by atoms with van der Waals surface area (Å²) in [6, 6.07) is 8.27. The Bertz CT molecular complexity index is 1090. The first-order valence-corrected chi connectivity index (χ1v) is 12.0. The number of thiophene rings is 1. The van der Waals surface area contributed by atoms with Crippen LogP contribution in [0, 0.1) is 13.8 Å². The zero-order valence-electron chi connectivity index (χ0n) is 18.3. The first-order valence-electron chi connectivity index (χ1n) is 11.1. The van der Waals surface area contributed by atoms with Crippen molar-refractivity contribution in [3.8, 4) is 0 Å². The smallest absolute Gasteiger partial charge is 0.146 e. The number of aliphatic hydroxyl groups is 1. The highest BCUT2D eigenvalue weighted by Crippen LogP contribution is 2.37. The fourth-order valence-corrected chi connectivity index (χ4v) is 5.81. The number of hydrogen-bond donors (Lipinski definition) is 2. The molecule has 31 heavy (non-hydrogen) atoms. The molecule has 7 heteroatoms. The van der Waals surface area contributed by atoms with Gasteiger partial charge < -0.3 is 15.2 Å². The molecule has 2 aliphatic rings. The van der Waals surface area contributed by atoms with E-state index in [0.29, 0.717) is 6.54 Å². The molecule has 1 aliphatic carbocycles. The Kier molecular flexibility index (Phi) is 5.69. The topological polar surface area (TPSA) is 70.5 Å². The highest BCUT2D eigenvalue weighted by Gasteiger charge is 2.34. The molecular weight excluding hydrogens is 408 g/mol. The van der Waals surface area contributed by atoms with Crippen LogP contribution in [0.2, 0.25) is 0 Å². The van der Waals surface area contributed by atoms with E-state index in [1.807, 2.05) is 6.07 Å². The van der Waals surface area contributed by atoms with E-state index in [9.17, 15) is 5.11 Å². The van der Waals surface area contributed by atoms with E-state index in [1.54, 1.807) is 11.3 Å². The molecule has 1 saturated heterocycles. The van der Waals surface area contributed by atoms with Gasteiger partial charge in [0.2, 0.25) is 0 Å². The number of morpholine rings is 1. The second-order valence-corrected chi connectivity index (χ2v) is 9.94. The Balaban J connectivity index is 1.46. The summed E-state index contributed by atoms with van der Waals surface area (Å²) in [6.45, 7) is 8.77. The lowest BCUT2D eigenvalue weighted by Gasteiger charge is -2.35. The SMILES string of the molecule is Cc1sc2nc(CN3CCOCC3)nc(NCC3(O)CCCc4ccccc43)c2c1C. The van der Waals surface area contributed by atoms with Gasteiger partial charge in [-0.25, -0.2) is 9.97 Å². The van der Waals surface area contributed by atoms with Crippen molar-refractivity contribution < 1.29 is 9.84 Å². The van der Waals surface area contributed by atoms with Crippen LogP contribution in [0.1, 0.15) is 40.2 Å². The molecule has 3 heterocycles. The maximum Gasteiger partial charge on any atom is 0.146 e. The van der Waals surface area contributed by atoms with Crippen molar-refractivity contribution >= 4 is 27.4 Å². The minimum atomic E-state index is -0.880. The number of ether oxygens (including phenoxy) is 1. The van der Waals surface area contributed by atoms with Gasteiger partial charge in [0.1, 0.15) is 22.1 Å². The van der Waals surface area contributed by atoms with Crippen LogP contribution in [-0.4, -0.2) is 52.8 Å². The summed E-state index contributed by atoms with van der Waals surface area (Å²) in [7, 11) is 0. The van der Waals surface area contributed by atoms with Crippen LogP contribution >= 0.6 is 11.3 Å². The van der Waals surface area contributed by atoms with Gasteiger partial charge in [0.15, 0.2) is 0 Å². The van der Waals surface area contributed by atoms with E-state index >= 15 is 0 Å². The third-order valence-corrected chi connectivity index (χ3v) is 7.75. The molecule has 0 spiro atoms. The maximum absolute atomic E-state index is 11.5. The van der Waals surface area contributed by atoms with Crippen LogP contribution < -0.4 is 5.32 Å². The fraction of sp³-hybridized carbons (Fsp3) is 0.500. The second-order valence-electron chi connectivity index (χ2n) is 8.74. The Morgan fingerprint density at radius 2 is 2.00 bits per heavy atom. The van der Waals surface area contributed by atoms with E-state index in [2.05, 4.69) is 42.3 Å². The molecule has 0 bridgehead atoms. The third kappa shape index (κ3) is 4.07. The van der Waals surface area contributed by atoms with Gasteiger partial charge in [-0.05, 0) is 49.8 Å². The summed E-state index contributed by atoms with van der Waals surface area (Å²) in [4.78, 5) is 14.4. The van der Waals surface area contributed by atoms with Crippen LogP contribution in [0.15, 0.2) is 24.3 Å². The van der Waals surface area contributed by atoms with Crippen LogP contribution in [0.25, 0.3) is 10.2 Å². The number of aromatic nitrogens is 2. The molecular formula is C24H30N4O2S. The molecule has 6 nitrogen and oxygen atoms in total. The van der Waals surface area contributed by atoms with Crippen LogP contribution in [-0.2, 0) is 23.3 Å². The molecule has 1 unspecified atom stereocenters. The number of nitrogens with one attached hydrogen (secondary N) is 1. The number of fused-ring (bicyclic) bond motifs is 2. The van der Waals surface area contributed by atoms with Gasteiger partial charge in [-0.2, -0.15) is 0 Å². The van der Waals surface area contributed by atoms with Gasteiger partial charge in [-0.15, -0.1) is 11.3 Å². The molecule has 1 fully saturated rings. The molecule has 2 aromatic heterocycles. The summed E-state index contributed by atoms with van der Waals surface area (Å²) >= 11 is 1.72. The molecule has 1 atom stereocenters. The van der Waals surface area contributed by atoms with Crippen molar-refractivity contribution in [2.45, 2.75) is 45.3 Å². The predicted molar refractivity (Wildman–Crippen MR) is 125 cm³/mol. The highest BCUT2D eigenvalue weighted by atomic mass is 32.1. The first-order chi connectivity index (χ1) is 15.0. The van der Waals surface area contributed by atoms with E-state index in [-0.39, 0.29) is 0 Å². The summed E-state index contributed by atoms with van der Waals surface area (Å²) in [5.74, 6) is 1.67. The zero-order valence-corrected chi connectivity index (χ0v) is 19.1. The van der Waals surface area contributed by atoms with Gasteiger partial charge in [-0.1, -0.05) is 24.3 Å². The van der Waals surface area contributed by atoms with Crippen LogP contribution in [0.4, 0.5) is 5.82 Å². The molecule has 3 aromatic rings. The molecule has 0 saturated carbocycles. The van der Waals surface area contributed by atoms with E-state index < -0.39 is 5.60 Å². The number of hydrogen-bond acceptors (Lipinski definition) is 7. The summed E-state index contributed by atoms with van der Waals surface area (Å²) < 4.78 is 5.48. The molecule has 164 valence electrons. The normalized spacial score (nSPS) is 21.9. The van der Waals surface area contributed by atoms with Gasteiger partial charge in [0.25, 0.3) is 0 Å². The summed E-state index contributed by atoms with van der Waals surface area (Å²) in [6.07, 6.45) is 2.78. The Morgan fingerprint density at radius 3 is 2.84 bits per heavy atom. The molecule has 0 amide bonds. The maximum atomic E-state index is 11.5. The Hall–Kier alpha value is -2.06. The number of anilines is 1. The lowest BCUT2D eigenvalue weighted by Crippen LogP contribution is -2.38. The molecule has 0 radical (unpaired) electrons. The molecule has 1 aromatic carbocycles. The minimum Gasteiger partial charge on any atom is -0.383 e. The predicted octanol–water partition coefficient (Wildman–Crippen LogP) is 3.78. The number of benzene rings is 1. The zero-order chi connectivity index (χ0) is 21.4. The van der Waals surface area contributed by atoms with Crippen LogP contribution in [0.3, 0.4) is 0 Å². The molecule has 5 rings (SSSR count). The van der Waals surface area contributed by atoms with Crippen LogP contribution in [0.5, 0.6) is 0 Å². The second kappa shape index (κ2) is 8.47. The fourth-order valence-electron chi connectivity index (χ4n) is 4.76. The standard InChI is InChI=1S/C24H30N4O2S/c1-16-17(2)31-23-21(16)22(26-20(27-23)14-28-10-12-30-13-11-28)25-15-24(29)9-5-7-18-6-3-4-8-19(18)24/h3-4,6,8,29H,5,7,9-15H2,1-2H3,(H,25,26,27). The Labute approximate surface area is 187 Å². The lowest BCUT2D eigenvalue weighted by atomic mass is 9.79. The summed E-state index contributed by atoms with van der Waals surface area (Å²) in [5, 5.41) is 16.2.